The van der Waals surface area contributed by atoms with Gasteiger partial charge in [0.25, 0.3) is 0 Å². The highest BCUT2D eigenvalue weighted by atomic mass is 79.9. The van der Waals surface area contributed by atoms with Crippen LogP contribution in [0.25, 0.3) is 10.9 Å². The van der Waals surface area contributed by atoms with Crippen molar-refractivity contribution in [3.05, 3.63) is 69.2 Å². The van der Waals surface area contributed by atoms with Gasteiger partial charge in [-0.1, -0.05) is 39.7 Å². The molecule has 0 N–H and O–H groups in total. The van der Waals surface area contributed by atoms with Gasteiger partial charge in [0.15, 0.2) is 0 Å². The Labute approximate surface area is 136 Å². The zero-order valence-electron chi connectivity index (χ0n) is 11.4. The average molecular weight is 363 g/mol. The average Bonchev–Trinajstić information content (AvgIpc) is 2.46. The normalized spacial score (nSPS) is 10.8. The summed E-state index contributed by atoms with van der Waals surface area (Å²) in [6.45, 7) is 0. The van der Waals surface area contributed by atoms with E-state index < -0.39 is 0 Å². The zero-order valence-corrected chi connectivity index (χ0v) is 13.8. The highest BCUT2D eigenvalue weighted by molar-refractivity contribution is 9.10. The second-order valence-electron chi connectivity index (χ2n) is 4.80. The van der Waals surface area contributed by atoms with Crippen LogP contribution in [0.4, 0.5) is 0 Å². The molecule has 0 unspecified atom stereocenters. The molecule has 0 spiro atoms. The maximum atomic E-state index is 6.06. The highest BCUT2D eigenvalue weighted by Crippen LogP contribution is 2.27. The first-order chi connectivity index (χ1) is 10.2. The Morgan fingerprint density at radius 3 is 2.76 bits per heavy atom. The number of fused-ring (bicyclic) bond motifs is 1. The number of aromatic nitrogens is 1. The molecule has 0 aliphatic carbocycles. The molecular formula is C17H13BrClNO. The Balaban J connectivity index is 2.07. The van der Waals surface area contributed by atoms with Crippen LogP contribution < -0.4 is 4.74 Å². The van der Waals surface area contributed by atoms with E-state index in [1.54, 1.807) is 7.11 Å². The fraction of sp³-hybridized carbons (Fsp3) is 0.118. The van der Waals surface area contributed by atoms with Crippen LogP contribution >= 0.6 is 27.5 Å². The molecule has 0 aliphatic rings. The van der Waals surface area contributed by atoms with Gasteiger partial charge < -0.3 is 4.74 Å². The van der Waals surface area contributed by atoms with E-state index in [-0.39, 0.29) is 0 Å². The maximum absolute atomic E-state index is 6.06. The van der Waals surface area contributed by atoms with Crippen molar-refractivity contribution in [3.8, 4) is 5.88 Å². The lowest BCUT2D eigenvalue weighted by molar-refractivity contribution is 0.395. The number of nitrogens with zero attached hydrogens (tertiary/aromatic N) is 1. The molecule has 0 bridgehead atoms. The lowest BCUT2D eigenvalue weighted by Gasteiger charge is -2.10. The third kappa shape index (κ3) is 3.20. The van der Waals surface area contributed by atoms with Crippen LogP contribution in [0.5, 0.6) is 5.88 Å². The Hall–Kier alpha value is -1.58. The number of pyridine rings is 1. The predicted octanol–water partition coefficient (Wildman–Crippen LogP) is 5.25. The van der Waals surface area contributed by atoms with E-state index in [1.165, 1.54) is 5.56 Å². The van der Waals surface area contributed by atoms with Crippen LogP contribution in [-0.2, 0) is 6.42 Å². The summed E-state index contributed by atoms with van der Waals surface area (Å²) in [4.78, 5) is 4.56. The van der Waals surface area contributed by atoms with Crippen LogP contribution in [0, 0.1) is 0 Å². The largest absolute Gasteiger partial charge is 0.481 e. The van der Waals surface area contributed by atoms with Crippen LogP contribution in [0.2, 0.25) is 5.02 Å². The van der Waals surface area contributed by atoms with Crippen molar-refractivity contribution >= 4 is 38.4 Å². The first-order valence-electron chi connectivity index (χ1n) is 6.53. The van der Waals surface area contributed by atoms with E-state index in [2.05, 4.69) is 39.1 Å². The molecule has 0 radical (unpaired) electrons. The van der Waals surface area contributed by atoms with Crippen LogP contribution in [0.15, 0.2) is 53.0 Å². The SMILES string of the molecule is COc1nc2ccc(Cl)cc2cc1Cc1cccc(Br)c1. The molecule has 2 nitrogen and oxygen atoms in total. The number of benzene rings is 2. The van der Waals surface area contributed by atoms with Crippen molar-refractivity contribution in [2.75, 3.05) is 7.11 Å². The molecule has 2 aromatic carbocycles. The van der Waals surface area contributed by atoms with E-state index in [0.29, 0.717) is 10.9 Å². The third-order valence-electron chi connectivity index (χ3n) is 3.29. The van der Waals surface area contributed by atoms with E-state index in [4.69, 9.17) is 16.3 Å². The number of rotatable bonds is 3. The van der Waals surface area contributed by atoms with Gasteiger partial charge in [-0.15, -0.1) is 0 Å². The summed E-state index contributed by atoms with van der Waals surface area (Å²) >= 11 is 9.56. The summed E-state index contributed by atoms with van der Waals surface area (Å²) in [5.74, 6) is 0.657. The van der Waals surface area contributed by atoms with Gasteiger partial charge in [-0.2, -0.15) is 0 Å². The molecule has 0 amide bonds. The van der Waals surface area contributed by atoms with E-state index >= 15 is 0 Å². The number of hydrogen-bond acceptors (Lipinski definition) is 2. The first kappa shape index (κ1) is 14.4. The first-order valence-corrected chi connectivity index (χ1v) is 7.70. The number of halogens is 2. The number of hydrogen-bond donors (Lipinski definition) is 0. The van der Waals surface area contributed by atoms with Gasteiger partial charge in [0.2, 0.25) is 5.88 Å². The van der Waals surface area contributed by atoms with Crippen LogP contribution in [0.1, 0.15) is 11.1 Å². The minimum absolute atomic E-state index is 0.657. The highest BCUT2D eigenvalue weighted by Gasteiger charge is 2.09. The van der Waals surface area contributed by atoms with Gasteiger partial charge in [-0.25, -0.2) is 4.98 Å². The van der Waals surface area contributed by atoms with Crippen molar-refractivity contribution in [2.45, 2.75) is 6.42 Å². The third-order valence-corrected chi connectivity index (χ3v) is 4.02. The Bertz CT molecular complexity index is 804. The molecule has 0 atom stereocenters. The summed E-state index contributed by atoms with van der Waals surface area (Å²) in [5, 5.41) is 1.73. The van der Waals surface area contributed by atoms with E-state index in [9.17, 15) is 0 Å². The van der Waals surface area contributed by atoms with Crippen molar-refractivity contribution in [3.63, 3.8) is 0 Å². The molecule has 3 rings (SSSR count). The molecule has 3 aromatic rings. The molecule has 1 aromatic heterocycles. The molecule has 0 saturated heterocycles. The van der Waals surface area contributed by atoms with Crippen molar-refractivity contribution in [1.82, 2.24) is 4.98 Å². The van der Waals surface area contributed by atoms with Crippen molar-refractivity contribution in [2.24, 2.45) is 0 Å². The van der Waals surface area contributed by atoms with Crippen LogP contribution in [0.3, 0.4) is 0 Å². The van der Waals surface area contributed by atoms with Gasteiger partial charge in [-0.05, 0) is 42.0 Å². The smallest absolute Gasteiger partial charge is 0.217 e. The summed E-state index contributed by atoms with van der Waals surface area (Å²) in [6.07, 6.45) is 0.762. The minimum atomic E-state index is 0.657. The second-order valence-corrected chi connectivity index (χ2v) is 6.15. The van der Waals surface area contributed by atoms with E-state index in [1.807, 2.05) is 30.3 Å². The van der Waals surface area contributed by atoms with Gasteiger partial charge >= 0.3 is 0 Å². The Morgan fingerprint density at radius 1 is 1.14 bits per heavy atom. The molecule has 0 fully saturated rings. The second kappa shape index (κ2) is 6.04. The number of methoxy groups -OCH3 is 1. The van der Waals surface area contributed by atoms with Gasteiger partial charge in [0, 0.05) is 26.9 Å². The van der Waals surface area contributed by atoms with Crippen LogP contribution in [-0.4, -0.2) is 12.1 Å². The molecular weight excluding hydrogens is 350 g/mol. The monoisotopic (exact) mass is 361 g/mol. The Morgan fingerprint density at radius 2 is 2.00 bits per heavy atom. The van der Waals surface area contributed by atoms with Gasteiger partial charge in [0.1, 0.15) is 0 Å². The standard InChI is InChI=1S/C17H13BrClNO/c1-21-17-13(7-11-3-2-4-14(18)8-11)9-12-10-15(19)5-6-16(12)20-17/h2-6,8-10H,7H2,1H3. The molecule has 21 heavy (non-hydrogen) atoms. The van der Waals surface area contributed by atoms with Crippen molar-refractivity contribution < 1.29 is 4.74 Å². The minimum Gasteiger partial charge on any atom is -0.481 e. The summed E-state index contributed by atoms with van der Waals surface area (Å²) in [7, 11) is 1.65. The summed E-state index contributed by atoms with van der Waals surface area (Å²) in [6, 6.07) is 16.0. The van der Waals surface area contributed by atoms with Gasteiger partial charge in [0.05, 0.1) is 12.6 Å². The quantitative estimate of drug-likeness (QED) is 0.635. The maximum Gasteiger partial charge on any atom is 0.217 e. The lowest BCUT2D eigenvalue weighted by Crippen LogP contribution is -1.97. The molecule has 1 heterocycles. The molecule has 4 heteroatoms. The van der Waals surface area contributed by atoms with Crippen molar-refractivity contribution in [1.29, 1.82) is 0 Å². The fourth-order valence-corrected chi connectivity index (χ4v) is 2.97. The molecule has 0 saturated carbocycles. The summed E-state index contributed by atoms with van der Waals surface area (Å²) < 4.78 is 6.50. The molecule has 0 aliphatic heterocycles. The number of ether oxygens (including phenoxy) is 1. The zero-order chi connectivity index (χ0) is 14.8. The Kier molecular flexibility index (Phi) is 4.13. The van der Waals surface area contributed by atoms with E-state index in [0.717, 1.165) is 27.4 Å². The molecule has 106 valence electrons. The topological polar surface area (TPSA) is 22.1 Å². The van der Waals surface area contributed by atoms with Gasteiger partial charge in [-0.3, -0.25) is 0 Å². The predicted molar refractivity (Wildman–Crippen MR) is 90.3 cm³/mol. The fourth-order valence-electron chi connectivity index (χ4n) is 2.34. The lowest BCUT2D eigenvalue weighted by atomic mass is 10.0. The summed E-state index contributed by atoms with van der Waals surface area (Å²) in [5.41, 5.74) is 3.13.